The van der Waals surface area contributed by atoms with Gasteiger partial charge in [0.05, 0.1) is 5.39 Å². The van der Waals surface area contributed by atoms with Gasteiger partial charge in [-0.15, -0.1) is 11.3 Å². The minimum Gasteiger partial charge on any atom is -0.456 e. The van der Waals surface area contributed by atoms with Crippen LogP contribution in [0.4, 0.5) is 17.1 Å². The summed E-state index contributed by atoms with van der Waals surface area (Å²) in [6, 6.07) is 63.9. The molecule has 0 aliphatic rings. The molecule has 0 radical (unpaired) electrons. The Morgan fingerprint density at radius 3 is 1.85 bits per heavy atom. The molecule has 254 valence electrons. The van der Waals surface area contributed by atoms with Crippen LogP contribution in [0, 0.1) is 0 Å². The second-order valence-electron chi connectivity index (χ2n) is 13.5. The molecule has 0 aliphatic carbocycles. The highest BCUT2D eigenvalue weighted by molar-refractivity contribution is 7.26. The number of anilines is 3. The van der Waals surface area contributed by atoms with E-state index in [-0.39, 0.29) is 0 Å². The van der Waals surface area contributed by atoms with Gasteiger partial charge in [0.2, 0.25) is 5.89 Å². The molecule has 0 N–H and O–H groups in total. The molecule has 0 spiro atoms. The van der Waals surface area contributed by atoms with Crippen LogP contribution in [0.5, 0.6) is 0 Å². The number of thiophene rings is 1. The van der Waals surface area contributed by atoms with Gasteiger partial charge in [0.15, 0.2) is 5.58 Å². The normalized spacial score (nSPS) is 11.7. The monoisotopic (exact) mass is 710 g/mol. The van der Waals surface area contributed by atoms with E-state index in [1.807, 2.05) is 53.8 Å². The molecule has 3 aromatic heterocycles. The fourth-order valence-electron chi connectivity index (χ4n) is 7.73. The maximum atomic E-state index is 6.30. The lowest BCUT2D eigenvalue weighted by Gasteiger charge is -2.26. The van der Waals surface area contributed by atoms with Gasteiger partial charge < -0.3 is 13.7 Å². The molecule has 11 aromatic rings. The Morgan fingerprint density at radius 2 is 1.06 bits per heavy atom. The SMILES string of the molecule is c1ccc(-c2nc3c(ccc4oc5ccc(-c6ccc(N(c7ccccc7)c7ccc(-c8cccc9c8sc8ccccc89)cc7)cc6)cc5c43)o2)cc1. The lowest BCUT2D eigenvalue weighted by Crippen LogP contribution is -2.09. The van der Waals surface area contributed by atoms with Gasteiger partial charge in [0, 0.05) is 48.2 Å². The molecule has 0 fully saturated rings. The smallest absolute Gasteiger partial charge is 0.227 e. The van der Waals surface area contributed by atoms with Crippen LogP contribution in [0.3, 0.4) is 0 Å². The Kier molecular flexibility index (Phi) is 7.00. The molecule has 0 saturated heterocycles. The summed E-state index contributed by atoms with van der Waals surface area (Å²) >= 11 is 1.87. The van der Waals surface area contributed by atoms with Crippen molar-refractivity contribution in [1.29, 1.82) is 0 Å². The average molecular weight is 711 g/mol. The summed E-state index contributed by atoms with van der Waals surface area (Å²) in [6.07, 6.45) is 0. The number of aromatic nitrogens is 1. The zero-order valence-corrected chi connectivity index (χ0v) is 29.8. The number of hydrogen-bond donors (Lipinski definition) is 0. The highest BCUT2D eigenvalue weighted by Crippen LogP contribution is 2.42. The Balaban J connectivity index is 0.958. The summed E-state index contributed by atoms with van der Waals surface area (Å²) in [4.78, 5) is 7.25. The van der Waals surface area contributed by atoms with Gasteiger partial charge in [-0.1, -0.05) is 103 Å². The number of fused-ring (bicyclic) bond motifs is 8. The van der Waals surface area contributed by atoms with Crippen LogP contribution >= 0.6 is 11.3 Å². The van der Waals surface area contributed by atoms with Gasteiger partial charge in [-0.05, 0) is 101 Å². The minimum atomic E-state index is 0.602. The van der Waals surface area contributed by atoms with E-state index < -0.39 is 0 Å². The third-order valence-corrected chi connectivity index (χ3v) is 11.5. The predicted molar refractivity (Wildman–Crippen MR) is 225 cm³/mol. The zero-order valence-electron chi connectivity index (χ0n) is 28.9. The van der Waals surface area contributed by atoms with Crippen LogP contribution in [0.25, 0.3) is 86.9 Å². The molecule has 0 amide bonds. The summed E-state index contributed by atoms with van der Waals surface area (Å²) in [5, 5.41) is 4.61. The van der Waals surface area contributed by atoms with Crippen molar-refractivity contribution in [2.45, 2.75) is 0 Å². The molecule has 4 nitrogen and oxygen atoms in total. The van der Waals surface area contributed by atoms with Crippen LogP contribution in [0.15, 0.2) is 191 Å². The summed E-state index contributed by atoms with van der Waals surface area (Å²) in [6.45, 7) is 0. The number of para-hydroxylation sites is 1. The van der Waals surface area contributed by atoms with Crippen LogP contribution < -0.4 is 4.90 Å². The average Bonchev–Trinajstić information content (AvgIpc) is 3.95. The molecular formula is C49H30N2O2S. The van der Waals surface area contributed by atoms with Crippen molar-refractivity contribution < 1.29 is 8.83 Å². The highest BCUT2D eigenvalue weighted by atomic mass is 32.1. The number of hydrogen-bond acceptors (Lipinski definition) is 5. The third kappa shape index (κ3) is 5.01. The maximum Gasteiger partial charge on any atom is 0.227 e. The Labute approximate surface area is 314 Å². The van der Waals surface area contributed by atoms with Gasteiger partial charge in [0.25, 0.3) is 0 Å². The predicted octanol–water partition coefficient (Wildman–Crippen LogP) is 14.6. The quantitative estimate of drug-likeness (QED) is 0.172. The lowest BCUT2D eigenvalue weighted by atomic mass is 10.0. The first-order valence-corrected chi connectivity index (χ1v) is 18.8. The van der Waals surface area contributed by atoms with Crippen LogP contribution in [-0.2, 0) is 0 Å². The first kappa shape index (κ1) is 30.7. The molecule has 0 atom stereocenters. The van der Waals surface area contributed by atoms with Crippen molar-refractivity contribution in [2.24, 2.45) is 0 Å². The van der Waals surface area contributed by atoms with Gasteiger partial charge >= 0.3 is 0 Å². The third-order valence-electron chi connectivity index (χ3n) is 10.3. The molecule has 0 unspecified atom stereocenters. The Morgan fingerprint density at radius 1 is 0.426 bits per heavy atom. The van der Waals surface area contributed by atoms with E-state index in [0.717, 1.165) is 66.8 Å². The van der Waals surface area contributed by atoms with Crippen molar-refractivity contribution in [3.8, 4) is 33.7 Å². The molecular weight excluding hydrogens is 681 g/mol. The maximum absolute atomic E-state index is 6.30. The summed E-state index contributed by atoms with van der Waals surface area (Å²) in [5.74, 6) is 0.602. The number of rotatable bonds is 6. The van der Waals surface area contributed by atoms with E-state index in [1.165, 1.54) is 31.3 Å². The van der Waals surface area contributed by atoms with E-state index in [1.54, 1.807) is 0 Å². The molecule has 5 heteroatoms. The topological polar surface area (TPSA) is 42.4 Å². The van der Waals surface area contributed by atoms with E-state index in [9.17, 15) is 0 Å². The zero-order chi connectivity index (χ0) is 35.6. The molecule has 3 heterocycles. The first-order chi connectivity index (χ1) is 26.7. The van der Waals surface area contributed by atoms with Crippen LogP contribution in [-0.4, -0.2) is 4.98 Å². The molecule has 0 saturated carbocycles. The van der Waals surface area contributed by atoms with Crippen LogP contribution in [0.2, 0.25) is 0 Å². The fourth-order valence-corrected chi connectivity index (χ4v) is 8.97. The number of benzene rings is 8. The number of oxazole rings is 1. The molecule has 8 aromatic carbocycles. The van der Waals surface area contributed by atoms with Crippen molar-refractivity contribution in [2.75, 3.05) is 4.90 Å². The Hall–Kier alpha value is -6.95. The number of furan rings is 1. The van der Waals surface area contributed by atoms with E-state index in [0.29, 0.717) is 5.89 Å². The van der Waals surface area contributed by atoms with Crippen molar-refractivity contribution in [3.05, 3.63) is 182 Å². The van der Waals surface area contributed by atoms with E-state index in [2.05, 4.69) is 144 Å². The van der Waals surface area contributed by atoms with Gasteiger partial charge in [0.1, 0.15) is 16.7 Å². The number of nitrogens with zero attached hydrogens (tertiary/aromatic N) is 2. The van der Waals surface area contributed by atoms with E-state index >= 15 is 0 Å². The second-order valence-corrected chi connectivity index (χ2v) is 14.6. The summed E-state index contributed by atoms with van der Waals surface area (Å²) in [7, 11) is 0. The Bertz CT molecular complexity index is 3140. The van der Waals surface area contributed by atoms with Gasteiger partial charge in [-0.2, -0.15) is 0 Å². The first-order valence-electron chi connectivity index (χ1n) is 18.0. The molecule has 0 bridgehead atoms. The standard InChI is InChI=1S/C49H30N2O2S/c1-3-10-33(11-4-1)49-50-47-44(53-49)29-28-43-46(47)41-30-34(22-27-42(41)52-43)31-18-23-36(24-19-31)51(35-12-5-2-6-13-35)37-25-20-32(21-26-37)38-15-9-16-40-39-14-7-8-17-45(39)54-48(38)40/h1-30H. The highest BCUT2D eigenvalue weighted by Gasteiger charge is 2.18. The molecule has 54 heavy (non-hydrogen) atoms. The largest absolute Gasteiger partial charge is 0.456 e. The molecule has 0 aliphatic heterocycles. The van der Waals surface area contributed by atoms with Crippen LogP contribution in [0.1, 0.15) is 0 Å². The second kappa shape index (κ2) is 12.3. The van der Waals surface area contributed by atoms with Crippen molar-refractivity contribution in [1.82, 2.24) is 4.98 Å². The summed E-state index contributed by atoms with van der Waals surface area (Å²) in [5.41, 5.74) is 12.1. The van der Waals surface area contributed by atoms with E-state index in [4.69, 9.17) is 13.8 Å². The van der Waals surface area contributed by atoms with Gasteiger partial charge in [-0.3, -0.25) is 0 Å². The van der Waals surface area contributed by atoms with Crippen molar-refractivity contribution in [3.63, 3.8) is 0 Å². The van der Waals surface area contributed by atoms with Crippen molar-refractivity contribution >= 4 is 81.6 Å². The fraction of sp³-hybridized carbons (Fsp3) is 0. The minimum absolute atomic E-state index is 0.602. The van der Waals surface area contributed by atoms with Gasteiger partial charge in [-0.25, -0.2) is 4.98 Å². The lowest BCUT2D eigenvalue weighted by molar-refractivity contribution is 0.619. The molecule has 11 rings (SSSR count). The summed E-state index contributed by atoms with van der Waals surface area (Å²) < 4.78 is 15.1.